The zero-order valence-electron chi connectivity index (χ0n) is 20.1. The number of hydrogen-bond acceptors (Lipinski definition) is 5. The highest BCUT2D eigenvalue weighted by molar-refractivity contribution is 7.80. The Morgan fingerprint density at radius 3 is 2.68 bits per heavy atom. The van der Waals surface area contributed by atoms with Crippen LogP contribution in [0.25, 0.3) is 0 Å². The number of ether oxygens (including phenoxy) is 1. The molecule has 0 atom stereocenters. The number of aryl methyl sites for hydroxylation is 3. The van der Waals surface area contributed by atoms with Crippen molar-refractivity contribution in [1.82, 2.24) is 9.78 Å². The van der Waals surface area contributed by atoms with Gasteiger partial charge in [0.05, 0.1) is 24.4 Å². The smallest absolute Gasteiger partial charge is 0.341 e. The molecule has 2 heterocycles. The molecule has 3 aromatic rings. The van der Waals surface area contributed by atoms with Gasteiger partial charge < -0.3 is 15.4 Å². The number of nitrogens with one attached hydrogen (secondary N) is 2. The Hall–Kier alpha value is -2.71. The summed E-state index contributed by atoms with van der Waals surface area (Å²) >= 11 is 7.27. The Balaban J connectivity index is 1.51. The summed E-state index contributed by atoms with van der Waals surface area (Å²) in [7, 11) is 0. The van der Waals surface area contributed by atoms with Gasteiger partial charge in [0.15, 0.2) is 5.11 Å². The number of fused-ring (bicyclic) bond motifs is 1. The van der Waals surface area contributed by atoms with Gasteiger partial charge in [-0.1, -0.05) is 25.0 Å². The lowest BCUT2D eigenvalue weighted by atomic mass is 9.96. The average molecular weight is 497 g/mol. The van der Waals surface area contributed by atoms with Crippen LogP contribution in [0.3, 0.4) is 0 Å². The van der Waals surface area contributed by atoms with Crippen LogP contribution < -0.4 is 10.6 Å². The van der Waals surface area contributed by atoms with E-state index in [0.717, 1.165) is 58.9 Å². The van der Waals surface area contributed by atoms with E-state index >= 15 is 0 Å². The minimum absolute atomic E-state index is 0.266. The lowest BCUT2D eigenvalue weighted by molar-refractivity contribution is 0.0526. The van der Waals surface area contributed by atoms with Gasteiger partial charge in [-0.2, -0.15) is 5.10 Å². The molecule has 0 amide bonds. The van der Waals surface area contributed by atoms with Crippen LogP contribution in [-0.4, -0.2) is 27.5 Å². The number of nitrogens with zero attached hydrogens (tertiary/aromatic N) is 2. The molecule has 8 heteroatoms. The van der Waals surface area contributed by atoms with E-state index in [1.54, 1.807) is 11.3 Å². The van der Waals surface area contributed by atoms with Gasteiger partial charge in [0.1, 0.15) is 5.00 Å². The van der Waals surface area contributed by atoms with Crippen LogP contribution in [0.2, 0.25) is 0 Å². The second-order valence-electron chi connectivity index (χ2n) is 8.71. The summed E-state index contributed by atoms with van der Waals surface area (Å²) in [6, 6.07) is 10.2. The second kappa shape index (κ2) is 11.1. The number of carbonyl (C=O) groups excluding carboxylic acids is 1. The van der Waals surface area contributed by atoms with E-state index in [4.69, 9.17) is 17.0 Å². The number of aromatic nitrogens is 2. The van der Waals surface area contributed by atoms with Crippen molar-refractivity contribution in [2.45, 2.75) is 65.8 Å². The molecule has 0 bridgehead atoms. The van der Waals surface area contributed by atoms with Crippen LogP contribution in [0.1, 0.15) is 70.4 Å². The highest BCUT2D eigenvalue weighted by Crippen LogP contribution is 2.37. The average Bonchev–Trinajstić information content (AvgIpc) is 3.26. The first-order valence-corrected chi connectivity index (χ1v) is 13.2. The van der Waals surface area contributed by atoms with Crippen molar-refractivity contribution in [3.63, 3.8) is 0 Å². The quantitative estimate of drug-likeness (QED) is 0.310. The van der Waals surface area contributed by atoms with Crippen LogP contribution >= 0.6 is 23.6 Å². The molecule has 0 unspecified atom stereocenters. The van der Waals surface area contributed by atoms with Crippen LogP contribution in [0.15, 0.2) is 30.3 Å². The Morgan fingerprint density at radius 1 is 1.15 bits per heavy atom. The first-order chi connectivity index (χ1) is 16.4. The van der Waals surface area contributed by atoms with Crippen LogP contribution in [-0.2, 0) is 24.1 Å². The molecule has 2 N–H and O–H groups in total. The fraction of sp³-hybridized carbons (Fsp3) is 0.423. The molecule has 1 aliphatic carbocycles. The summed E-state index contributed by atoms with van der Waals surface area (Å²) in [6.45, 7) is 6.95. The van der Waals surface area contributed by atoms with E-state index in [1.807, 2.05) is 30.7 Å². The lowest BCUT2D eigenvalue weighted by Crippen LogP contribution is -2.20. The molecule has 0 saturated heterocycles. The summed E-state index contributed by atoms with van der Waals surface area (Å²) in [5.41, 5.74) is 5.97. The number of benzene rings is 1. The first kappa shape index (κ1) is 24.4. The second-order valence-corrected chi connectivity index (χ2v) is 10.2. The zero-order chi connectivity index (χ0) is 24.1. The molecule has 1 aromatic carbocycles. The van der Waals surface area contributed by atoms with Gasteiger partial charge in [0.2, 0.25) is 0 Å². The molecule has 6 nitrogen and oxygen atoms in total. The minimum Gasteiger partial charge on any atom is -0.462 e. The van der Waals surface area contributed by atoms with Crippen molar-refractivity contribution < 1.29 is 9.53 Å². The van der Waals surface area contributed by atoms with Crippen LogP contribution in [0, 0.1) is 13.8 Å². The third kappa shape index (κ3) is 5.85. The highest BCUT2D eigenvalue weighted by atomic mass is 32.1. The molecular weight excluding hydrogens is 464 g/mol. The fourth-order valence-electron chi connectivity index (χ4n) is 4.45. The molecule has 0 aliphatic heterocycles. The Morgan fingerprint density at radius 2 is 1.94 bits per heavy atom. The number of anilines is 2. The Labute approximate surface area is 210 Å². The van der Waals surface area contributed by atoms with Gasteiger partial charge in [-0.3, -0.25) is 4.68 Å². The molecule has 0 fully saturated rings. The van der Waals surface area contributed by atoms with Crippen molar-refractivity contribution in [2.75, 3.05) is 17.2 Å². The van der Waals surface area contributed by atoms with Gasteiger partial charge in [0.25, 0.3) is 0 Å². The van der Waals surface area contributed by atoms with Crippen molar-refractivity contribution in [3.8, 4) is 0 Å². The normalized spacial score (nSPS) is 13.5. The SMILES string of the molecule is CCOC(=O)c1c(NC(=S)Nc2cccc(Cn3nc(C)cc3C)c2)sc2c1CCCCCC2. The molecule has 0 saturated carbocycles. The number of hydrogen-bond donors (Lipinski definition) is 2. The Bertz CT molecular complexity index is 1180. The van der Waals surface area contributed by atoms with Crippen molar-refractivity contribution in [2.24, 2.45) is 0 Å². The summed E-state index contributed by atoms with van der Waals surface area (Å²) < 4.78 is 7.40. The van der Waals surface area contributed by atoms with E-state index in [1.165, 1.54) is 17.7 Å². The first-order valence-electron chi connectivity index (χ1n) is 11.9. The third-order valence-corrected chi connectivity index (χ3v) is 7.41. The van der Waals surface area contributed by atoms with Gasteiger partial charge in [-0.25, -0.2) is 4.79 Å². The molecule has 1 aliphatic rings. The Kier molecular flexibility index (Phi) is 8.00. The maximum Gasteiger partial charge on any atom is 0.341 e. The largest absolute Gasteiger partial charge is 0.462 e. The molecule has 180 valence electrons. The van der Waals surface area contributed by atoms with E-state index in [2.05, 4.69) is 40.9 Å². The fourth-order valence-corrected chi connectivity index (χ4v) is 6.01. The summed E-state index contributed by atoms with van der Waals surface area (Å²) in [4.78, 5) is 14.1. The van der Waals surface area contributed by atoms with Crippen molar-refractivity contribution >= 4 is 45.3 Å². The van der Waals surface area contributed by atoms with Crippen molar-refractivity contribution in [1.29, 1.82) is 0 Å². The van der Waals surface area contributed by atoms with E-state index in [0.29, 0.717) is 23.8 Å². The molecule has 0 spiro atoms. The van der Waals surface area contributed by atoms with Gasteiger partial charge in [0, 0.05) is 16.3 Å². The van der Waals surface area contributed by atoms with Crippen LogP contribution in [0.4, 0.5) is 10.7 Å². The number of carbonyl (C=O) groups is 1. The maximum atomic E-state index is 12.9. The summed E-state index contributed by atoms with van der Waals surface area (Å²) in [5.74, 6) is -0.266. The van der Waals surface area contributed by atoms with E-state index in [9.17, 15) is 4.79 Å². The van der Waals surface area contributed by atoms with E-state index in [-0.39, 0.29) is 5.97 Å². The summed E-state index contributed by atoms with van der Waals surface area (Å²) in [5, 5.41) is 12.4. The maximum absolute atomic E-state index is 12.9. The molecule has 2 aromatic heterocycles. The molecular formula is C26H32N4O2S2. The van der Waals surface area contributed by atoms with Crippen LogP contribution in [0.5, 0.6) is 0 Å². The number of esters is 1. The standard InChI is InChI=1S/C26H32N4O2S2/c1-4-32-25(31)23-21-12-7-5-6-8-13-22(21)34-24(23)28-26(33)27-20-11-9-10-19(15-20)16-30-18(3)14-17(2)29-30/h9-11,14-15H,4-8,12-13,16H2,1-3H3,(H2,27,28,33). The lowest BCUT2D eigenvalue weighted by Gasteiger charge is -2.13. The molecule has 0 radical (unpaired) electrons. The zero-order valence-corrected chi connectivity index (χ0v) is 21.7. The van der Waals surface area contributed by atoms with E-state index < -0.39 is 0 Å². The summed E-state index contributed by atoms with van der Waals surface area (Å²) in [6.07, 6.45) is 6.61. The predicted octanol–water partition coefficient (Wildman–Crippen LogP) is 6.25. The molecule has 4 rings (SSSR count). The minimum atomic E-state index is -0.266. The highest BCUT2D eigenvalue weighted by Gasteiger charge is 2.25. The third-order valence-electron chi connectivity index (χ3n) is 6.00. The monoisotopic (exact) mass is 496 g/mol. The predicted molar refractivity (Wildman–Crippen MR) is 143 cm³/mol. The van der Waals surface area contributed by atoms with Crippen molar-refractivity contribution in [3.05, 3.63) is 63.3 Å². The number of thiophene rings is 1. The number of thiocarbonyl (C=S) groups is 1. The van der Waals surface area contributed by atoms with Gasteiger partial charge >= 0.3 is 5.97 Å². The van der Waals surface area contributed by atoms with Gasteiger partial charge in [-0.05, 0) is 88.0 Å². The van der Waals surface area contributed by atoms with Gasteiger partial charge in [-0.15, -0.1) is 11.3 Å². The molecule has 34 heavy (non-hydrogen) atoms. The topological polar surface area (TPSA) is 68.2 Å². The number of rotatable bonds is 6.